The second-order valence-corrected chi connectivity index (χ2v) is 7.96. The summed E-state index contributed by atoms with van der Waals surface area (Å²) in [7, 11) is 3.51. The lowest BCUT2D eigenvalue weighted by atomic mass is 10.0. The number of carbonyl (C=O) groups is 2. The number of hydrogen-bond acceptors (Lipinski definition) is 4. The summed E-state index contributed by atoms with van der Waals surface area (Å²) in [5, 5.41) is 9.35. The van der Waals surface area contributed by atoms with Crippen LogP contribution in [-0.2, 0) is 16.0 Å². The van der Waals surface area contributed by atoms with Crippen molar-refractivity contribution in [2.24, 2.45) is 5.92 Å². The quantitative estimate of drug-likeness (QED) is 0.800. The lowest BCUT2D eigenvalue weighted by Crippen LogP contribution is -2.43. The van der Waals surface area contributed by atoms with Gasteiger partial charge in [0.1, 0.15) is 11.6 Å². The lowest BCUT2D eigenvalue weighted by Gasteiger charge is -2.27. The van der Waals surface area contributed by atoms with E-state index in [2.05, 4.69) is 0 Å². The fourth-order valence-corrected chi connectivity index (χ4v) is 2.75. The molecule has 0 aliphatic carbocycles. The number of benzene rings is 1. The largest absolute Gasteiger partial charge is 0.480 e. The molecule has 1 atom stereocenters. The summed E-state index contributed by atoms with van der Waals surface area (Å²) in [6.45, 7) is 9.98. The highest BCUT2D eigenvalue weighted by molar-refractivity contribution is 5.87. The van der Waals surface area contributed by atoms with E-state index in [1.807, 2.05) is 70.8 Å². The van der Waals surface area contributed by atoms with Crippen LogP contribution in [0.15, 0.2) is 24.3 Å². The summed E-state index contributed by atoms with van der Waals surface area (Å²) in [4.78, 5) is 26.8. The third-order valence-corrected chi connectivity index (χ3v) is 4.10. The summed E-state index contributed by atoms with van der Waals surface area (Å²) in [6.07, 6.45) is 0.342. The summed E-state index contributed by atoms with van der Waals surface area (Å²) in [5.74, 6) is -0.751. The van der Waals surface area contributed by atoms with Gasteiger partial charge >= 0.3 is 12.1 Å². The Morgan fingerprint density at radius 1 is 1.12 bits per heavy atom. The van der Waals surface area contributed by atoms with Crippen molar-refractivity contribution in [2.45, 2.75) is 52.7 Å². The molecule has 6 nitrogen and oxygen atoms in total. The molecule has 0 saturated heterocycles. The van der Waals surface area contributed by atoms with Crippen LogP contribution in [0.1, 0.15) is 40.2 Å². The Hall–Kier alpha value is -2.08. The number of ether oxygens (including phenoxy) is 1. The predicted octanol–water partition coefficient (Wildman–Crippen LogP) is 3.64. The molecule has 1 N–H and O–H groups in total. The van der Waals surface area contributed by atoms with Crippen molar-refractivity contribution in [3.05, 3.63) is 29.8 Å². The van der Waals surface area contributed by atoms with Crippen molar-refractivity contribution >= 4 is 17.7 Å². The Morgan fingerprint density at radius 3 is 2.08 bits per heavy atom. The molecule has 1 rings (SSSR count). The first-order chi connectivity index (χ1) is 11.9. The van der Waals surface area contributed by atoms with E-state index >= 15 is 0 Å². The Bertz CT molecular complexity index is 605. The van der Waals surface area contributed by atoms with Crippen LogP contribution in [0.3, 0.4) is 0 Å². The maximum absolute atomic E-state index is 12.1. The standard InChI is InChI=1S/C20H32N2O4/c1-14(2)17(18(23)24)21(6)13-12-15-8-10-16(11-9-15)22(7)19(25)26-20(3,4)5/h8-11,14,17H,12-13H2,1-7H3,(H,23,24). The van der Waals surface area contributed by atoms with E-state index < -0.39 is 23.7 Å². The molecule has 1 aromatic rings. The molecular formula is C20H32N2O4. The second-order valence-electron chi connectivity index (χ2n) is 7.96. The molecule has 6 heteroatoms. The number of nitrogens with zero attached hydrogens (tertiary/aromatic N) is 2. The maximum Gasteiger partial charge on any atom is 0.414 e. The zero-order valence-corrected chi connectivity index (χ0v) is 16.9. The van der Waals surface area contributed by atoms with E-state index in [-0.39, 0.29) is 5.92 Å². The third-order valence-electron chi connectivity index (χ3n) is 4.10. The van der Waals surface area contributed by atoms with E-state index in [0.717, 1.165) is 17.7 Å². The van der Waals surface area contributed by atoms with Gasteiger partial charge in [-0.3, -0.25) is 14.6 Å². The molecule has 0 aliphatic heterocycles. The maximum atomic E-state index is 12.1. The van der Waals surface area contributed by atoms with Gasteiger partial charge in [0.05, 0.1) is 0 Å². The number of carboxylic acid groups (broad SMARTS) is 1. The van der Waals surface area contributed by atoms with Gasteiger partial charge in [0.25, 0.3) is 0 Å². The highest BCUT2D eigenvalue weighted by Crippen LogP contribution is 2.18. The number of carbonyl (C=O) groups excluding carboxylic acids is 1. The lowest BCUT2D eigenvalue weighted by molar-refractivity contribution is -0.144. The Kier molecular flexibility index (Phi) is 7.63. The molecular weight excluding hydrogens is 332 g/mol. The molecule has 0 fully saturated rings. The topological polar surface area (TPSA) is 70.1 Å². The summed E-state index contributed by atoms with van der Waals surface area (Å²) < 4.78 is 5.36. The molecule has 146 valence electrons. The first kappa shape index (κ1) is 22.0. The van der Waals surface area contributed by atoms with Crippen LogP contribution in [0.5, 0.6) is 0 Å². The summed E-state index contributed by atoms with van der Waals surface area (Å²) in [6, 6.07) is 7.16. The molecule has 26 heavy (non-hydrogen) atoms. The van der Waals surface area contributed by atoms with Gasteiger partial charge in [-0.1, -0.05) is 26.0 Å². The SMILES string of the molecule is CC(C)C(C(=O)O)N(C)CCc1ccc(N(C)C(=O)OC(C)(C)C)cc1. The fourth-order valence-electron chi connectivity index (χ4n) is 2.75. The fraction of sp³-hybridized carbons (Fsp3) is 0.600. The highest BCUT2D eigenvalue weighted by Gasteiger charge is 2.25. The summed E-state index contributed by atoms with van der Waals surface area (Å²) >= 11 is 0. The zero-order chi connectivity index (χ0) is 20.1. The van der Waals surface area contributed by atoms with E-state index in [9.17, 15) is 14.7 Å². The molecule has 0 spiro atoms. The third kappa shape index (κ3) is 6.67. The molecule has 0 saturated carbocycles. The Balaban J connectivity index is 2.67. The van der Waals surface area contributed by atoms with Gasteiger partial charge in [0.2, 0.25) is 0 Å². The number of aliphatic carboxylic acids is 1. The zero-order valence-electron chi connectivity index (χ0n) is 16.9. The molecule has 1 unspecified atom stereocenters. The minimum atomic E-state index is -0.795. The molecule has 0 bridgehead atoms. The van der Waals surface area contributed by atoms with E-state index in [1.165, 1.54) is 4.90 Å². The van der Waals surface area contributed by atoms with Gasteiger partial charge in [-0.15, -0.1) is 0 Å². The van der Waals surface area contributed by atoms with Crippen LogP contribution in [0.4, 0.5) is 10.5 Å². The smallest absolute Gasteiger partial charge is 0.414 e. The first-order valence-corrected chi connectivity index (χ1v) is 8.91. The average Bonchev–Trinajstić information content (AvgIpc) is 2.50. The average molecular weight is 364 g/mol. The van der Waals surface area contributed by atoms with Crippen LogP contribution < -0.4 is 4.90 Å². The van der Waals surface area contributed by atoms with Gasteiger partial charge < -0.3 is 9.84 Å². The Morgan fingerprint density at radius 2 is 1.65 bits per heavy atom. The number of carboxylic acids is 1. The number of likely N-dealkylation sites (N-methyl/N-ethyl adjacent to an activating group) is 1. The number of rotatable bonds is 7. The minimum absolute atomic E-state index is 0.0438. The second kappa shape index (κ2) is 9.03. The molecule has 0 radical (unpaired) electrons. The van der Waals surface area contributed by atoms with Crippen molar-refractivity contribution in [1.29, 1.82) is 0 Å². The van der Waals surface area contributed by atoms with E-state index in [4.69, 9.17) is 4.74 Å². The van der Waals surface area contributed by atoms with Crippen LogP contribution >= 0.6 is 0 Å². The van der Waals surface area contributed by atoms with E-state index in [0.29, 0.717) is 6.54 Å². The Labute approximate surface area is 156 Å². The van der Waals surface area contributed by atoms with Crippen LogP contribution in [-0.4, -0.2) is 54.4 Å². The van der Waals surface area contributed by atoms with Gasteiger partial charge in [-0.2, -0.15) is 0 Å². The van der Waals surface area contributed by atoms with Crippen LogP contribution in [0.25, 0.3) is 0 Å². The van der Waals surface area contributed by atoms with Crippen molar-refractivity contribution in [2.75, 3.05) is 25.5 Å². The number of anilines is 1. The van der Waals surface area contributed by atoms with Crippen molar-refractivity contribution in [1.82, 2.24) is 4.90 Å². The normalized spacial score (nSPS) is 13.0. The minimum Gasteiger partial charge on any atom is -0.480 e. The van der Waals surface area contributed by atoms with Gasteiger partial charge in [-0.05, 0) is 57.9 Å². The molecule has 1 aromatic carbocycles. The molecule has 0 aliphatic rings. The van der Waals surface area contributed by atoms with Gasteiger partial charge in [-0.25, -0.2) is 4.79 Å². The molecule has 0 heterocycles. The van der Waals surface area contributed by atoms with Crippen molar-refractivity contribution in [3.63, 3.8) is 0 Å². The molecule has 0 aromatic heterocycles. The number of hydrogen-bond donors (Lipinski definition) is 1. The van der Waals surface area contributed by atoms with Gasteiger partial charge in [0, 0.05) is 19.3 Å². The first-order valence-electron chi connectivity index (χ1n) is 8.91. The highest BCUT2D eigenvalue weighted by atomic mass is 16.6. The molecule has 1 amide bonds. The summed E-state index contributed by atoms with van der Waals surface area (Å²) in [5.41, 5.74) is 1.31. The predicted molar refractivity (Wildman–Crippen MR) is 104 cm³/mol. The number of amides is 1. The van der Waals surface area contributed by atoms with Crippen molar-refractivity contribution in [3.8, 4) is 0 Å². The van der Waals surface area contributed by atoms with Gasteiger partial charge in [0.15, 0.2) is 0 Å². The van der Waals surface area contributed by atoms with Crippen LogP contribution in [0.2, 0.25) is 0 Å². The van der Waals surface area contributed by atoms with Crippen LogP contribution in [0, 0.1) is 5.92 Å². The van der Waals surface area contributed by atoms with E-state index in [1.54, 1.807) is 7.05 Å². The van der Waals surface area contributed by atoms with Crippen molar-refractivity contribution < 1.29 is 19.4 Å². The monoisotopic (exact) mass is 364 g/mol.